The molecule has 0 radical (unpaired) electrons. The van der Waals surface area contributed by atoms with Crippen molar-refractivity contribution < 1.29 is 0 Å². The van der Waals surface area contributed by atoms with Gasteiger partial charge in [0, 0.05) is 18.5 Å². The van der Waals surface area contributed by atoms with Gasteiger partial charge in [-0.25, -0.2) is 0 Å². The van der Waals surface area contributed by atoms with Gasteiger partial charge in [0.2, 0.25) is 0 Å². The van der Waals surface area contributed by atoms with E-state index >= 15 is 0 Å². The minimum absolute atomic E-state index is 0.696. The van der Waals surface area contributed by atoms with Crippen molar-refractivity contribution in [2.45, 2.75) is 24.8 Å². The van der Waals surface area contributed by atoms with E-state index in [9.17, 15) is 0 Å². The fourth-order valence-corrected chi connectivity index (χ4v) is 2.97. The van der Waals surface area contributed by atoms with Crippen LogP contribution in [0.5, 0.6) is 0 Å². The molecule has 1 fully saturated rings. The van der Waals surface area contributed by atoms with E-state index in [-0.39, 0.29) is 0 Å². The lowest BCUT2D eigenvalue weighted by atomic mass is 9.68. The van der Waals surface area contributed by atoms with E-state index in [1.54, 1.807) is 5.57 Å². The highest BCUT2D eigenvalue weighted by molar-refractivity contribution is 5.37. The highest BCUT2D eigenvalue weighted by Crippen LogP contribution is 2.45. The number of rotatable bonds is 1. The van der Waals surface area contributed by atoms with Crippen molar-refractivity contribution in [2.24, 2.45) is 0 Å². The number of hydrogen-bond donors (Lipinski definition) is 0. The molecule has 1 aromatic rings. The van der Waals surface area contributed by atoms with Crippen LogP contribution in [0.15, 0.2) is 42.0 Å². The highest BCUT2D eigenvalue weighted by atomic mass is 15.1. The van der Waals surface area contributed by atoms with Gasteiger partial charge in [-0.3, -0.25) is 4.90 Å². The standard InChI is InChI=1S/C14H17N/c1-15-9-5-8-12-10-13(14(12)15)11-6-3-2-4-7-11/h2-4,6-8,13-14H,5,9-10H2,1H3/t13-,14+/m1/s1. The molecule has 0 amide bonds. The lowest BCUT2D eigenvalue weighted by molar-refractivity contribution is 0.179. The van der Waals surface area contributed by atoms with Gasteiger partial charge in [-0.05, 0) is 25.5 Å². The van der Waals surface area contributed by atoms with Gasteiger partial charge in [0.05, 0.1) is 0 Å². The molecule has 2 atom stereocenters. The Morgan fingerprint density at radius 2 is 2.00 bits per heavy atom. The summed E-state index contributed by atoms with van der Waals surface area (Å²) in [6, 6.07) is 11.6. The van der Waals surface area contributed by atoms with Crippen LogP contribution in [0, 0.1) is 0 Å². The van der Waals surface area contributed by atoms with Crippen molar-refractivity contribution >= 4 is 0 Å². The first-order valence-corrected chi connectivity index (χ1v) is 5.80. The summed E-state index contributed by atoms with van der Waals surface area (Å²) in [4.78, 5) is 2.51. The average molecular weight is 199 g/mol. The first kappa shape index (κ1) is 9.17. The van der Waals surface area contributed by atoms with Crippen LogP contribution in [0.2, 0.25) is 0 Å². The van der Waals surface area contributed by atoms with Gasteiger partial charge in [0.15, 0.2) is 0 Å². The second-order valence-electron chi connectivity index (χ2n) is 4.71. The molecular formula is C14H17N. The SMILES string of the molecule is CN1CCC=C2C[C@H](c3ccccc3)[C@H]21. The van der Waals surface area contributed by atoms with E-state index in [1.165, 1.54) is 24.9 Å². The molecule has 1 saturated carbocycles. The summed E-state index contributed by atoms with van der Waals surface area (Å²) in [7, 11) is 2.26. The number of fused-ring (bicyclic) bond motifs is 1. The summed E-state index contributed by atoms with van der Waals surface area (Å²) in [5, 5.41) is 0. The van der Waals surface area contributed by atoms with Crippen molar-refractivity contribution in [1.29, 1.82) is 0 Å². The molecule has 2 aliphatic rings. The third-order valence-electron chi connectivity index (χ3n) is 3.81. The Morgan fingerprint density at radius 3 is 2.73 bits per heavy atom. The fourth-order valence-electron chi connectivity index (χ4n) is 2.97. The lowest BCUT2D eigenvalue weighted by Crippen LogP contribution is -2.48. The summed E-state index contributed by atoms with van der Waals surface area (Å²) < 4.78 is 0. The van der Waals surface area contributed by atoms with Gasteiger partial charge in [0.25, 0.3) is 0 Å². The fraction of sp³-hybridized carbons (Fsp3) is 0.429. The zero-order chi connectivity index (χ0) is 10.3. The topological polar surface area (TPSA) is 3.24 Å². The highest BCUT2D eigenvalue weighted by Gasteiger charge is 2.40. The normalized spacial score (nSPS) is 30.3. The smallest absolute Gasteiger partial charge is 0.0376 e. The number of likely N-dealkylation sites (N-methyl/N-ethyl adjacent to an activating group) is 1. The van der Waals surface area contributed by atoms with Crippen LogP contribution >= 0.6 is 0 Å². The molecule has 0 aromatic heterocycles. The maximum atomic E-state index is 2.51. The first-order chi connectivity index (χ1) is 7.36. The quantitative estimate of drug-likeness (QED) is 0.629. The predicted molar refractivity (Wildman–Crippen MR) is 62.9 cm³/mol. The van der Waals surface area contributed by atoms with Gasteiger partial charge in [-0.15, -0.1) is 0 Å². The van der Waals surface area contributed by atoms with Crippen LogP contribution in [0.25, 0.3) is 0 Å². The summed E-state index contributed by atoms with van der Waals surface area (Å²) >= 11 is 0. The Bertz CT molecular complexity index is 380. The third-order valence-corrected chi connectivity index (χ3v) is 3.81. The molecule has 1 aliphatic heterocycles. The zero-order valence-corrected chi connectivity index (χ0v) is 9.19. The minimum atomic E-state index is 0.696. The van der Waals surface area contributed by atoms with Crippen molar-refractivity contribution in [3.63, 3.8) is 0 Å². The van der Waals surface area contributed by atoms with Gasteiger partial charge in [-0.1, -0.05) is 42.0 Å². The maximum absolute atomic E-state index is 2.51. The van der Waals surface area contributed by atoms with Crippen molar-refractivity contribution in [1.82, 2.24) is 4.90 Å². The zero-order valence-electron chi connectivity index (χ0n) is 9.19. The molecule has 0 unspecified atom stereocenters. The summed E-state index contributed by atoms with van der Waals surface area (Å²) in [5.74, 6) is 0.739. The molecule has 0 bridgehead atoms. The second-order valence-corrected chi connectivity index (χ2v) is 4.71. The van der Waals surface area contributed by atoms with E-state index in [0.717, 1.165) is 5.92 Å². The Hall–Kier alpha value is -1.08. The third kappa shape index (κ3) is 1.42. The molecule has 1 nitrogen and oxygen atoms in total. The molecule has 0 saturated heterocycles. The van der Waals surface area contributed by atoms with E-state index in [4.69, 9.17) is 0 Å². The van der Waals surface area contributed by atoms with Crippen LogP contribution in [0.1, 0.15) is 24.3 Å². The molecule has 1 aromatic carbocycles. The van der Waals surface area contributed by atoms with Gasteiger partial charge in [0.1, 0.15) is 0 Å². The van der Waals surface area contributed by atoms with E-state index in [0.29, 0.717) is 6.04 Å². The number of benzene rings is 1. The minimum Gasteiger partial charge on any atom is -0.299 e. The molecule has 78 valence electrons. The Balaban J connectivity index is 1.87. The largest absolute Gasteiger partial charge is 0.299 e. The second kappa shape index (κ2) is 3.49. The van der Waals surface area contributed by atoms with Crippen molar-refractivity contribution in [3.8, 4) is 0 Å². The maximum Gasteiger partial charge on any atom is 0.0376 e. The monoisotopic (exact) mass is 199 g/mol. The predicted octanol–water partition coefficient (Wildman–Crippen LogP) is 2.80. The first-order valence-electron chi connectivity index (χ1n) is 5.80. The van der Waals surface area contributed by atoms with Gasteiger partial charge >= 0.3 is 0 Å². The molecular weight excluding hydrogens is 182 g/mol. The van der Waals surface area contributed by atoms with Crippen LogP contribution in [-0.2, 0) is 0 Å². The summed E-state index contributed by atoms with van der Waals surface area (Å²) in [6.07, 6.45) is 4.97. The molecule has 1 heterocycles. The van der Waals surface area contributed by atoms with E-state index in [1.807, 2.05) is 0 Å². The molecule has 1 heteroatoms. The van der Waals surface area contributed by atoms with E-state index in [2.05, 4.69) is 48.4 Å². The van der Waals surface area contributed by atoms with Gasteiger partial charge in [-0.2, -0.15) is 0 Å². The van der Waals surface area contributed by atoms with Crippen LogP contribution in [0.3, 0.4) is 0 Å². The van der Waals surface area contributed by atoms with E-state index < -0.39 is 0 Å². The molecule has 15 heavy (non-hydrogen) atoms. The molecule has 3 rings (SSSR count). The number of hydrogen-bond acceptors (Lipinski definition) is 1. The Labute approximate surface area is 91.4 Å². The molecule has 0 N–H and O–H groups in total. The molecule has 0 spiro atoms. The Morgan fingerprint density at radius 1 is 1.20 bits per heavy atom. The summed E-state index contributed by atoms with van der Waals surface area (Å²) in [6.45, 7) is 1.22. The number of nitrogens with zero attached hydrogens (tertiary/aromatic N) is 1. The average Bonchev–Trinajstić information content (AvgIpc) is 2.22. The molecule has 1 aliphatic carbocycles. The van der Waals surface area contributed by atoms with Crippen LogP contribution in [0.4, 0.5) is 0 Å². The van der Waals surface area contributed by atoms with Gasteiger partial charge < -0.3 is 0 Å². The van der Waals surface area contributed by atoms with Crippen molar-refractivity contribution in [3.05, 3.63) is 47.5 Å². The lowest BCUT2D eigenvalue weighted by Gasteiger charge is -2.48. The Kier molecular flexibility index (Phi) is 2.14. The van der Waals surface area contributed by atoms with Crippen LogP contribution in [-0.4, -0.2) is 24.5 Å². The summed E-state index contributed by atoms with van der Waals surface area (Å²) in [5.41, 5.74) is 3.17. The van der Waals surface area contributed by atoms with Crippen molar-refractivity contribution in [2.75, 3.05) is 13.6 Å². The van der Waals surface area contributed by atoms with Crippen LogP contribution < -0.4 is 0 Å².